The third kappa shape index (κ3) is 3.57. The van der Waals surface area contributed by atoms with Crippen molar-refractivity contribution in [2.75, 3.05) is 11.9 Å². The lowest BCUT2D eigenvalue weighted by Crippen LogP contribution is -2.17. The van der Waals surface area contributed by atoms with Gasteiger partial charge in [-0.3, -0.25) is 0 Å². The number of rotatable bonds is 3. The van der Waals surface area contributed by atoms with Crippen molar-refractivity contribution >= 4 is 5.82 Å². The smallest absolute Gasteiger partial charge is 0.136 e. The van der Waals surface area contributed by atoms with Gasteiger partial charge in [0.25, 0.3) is 0 Å². The van der Waals surface area contributed by atoms with E-state index >= 15 is 0 Å². The minimum Gasteiger partial charge on any atom is -0.370 e. The summed E-state index contributed by atoms with van der Waals surface area (Å²) in [5.74, 6) is 1.38. The molecule has 0 aliphatic heterocycles. The third-order valence-corrected chi connectivity index (χ3v) is 3.21. The van der Waals surface area contributed by atoms with E-state index in [1.807, 2.05) is 19.1 Å². The van der Waals surface area contributed by atoms with Crippen LogP contribution in [-0.4, -0.2) is 16.5 Å². The molecule has 0 spiro atoms. The van der Waals surface area contributed by atoms with E-state index in [2.05, 4.69) is 36.1 Å². The zero-order valence-electron chi connectivity index (χ0n) is 13.3. The van der Waals surface area contributed by atoms with Crippen molar-refractivity contribution in [1.29, 1.82) is 0 Å². The Hall–Kier alpha value is -1.97. The maximum Gasteiger partial charge on any atom is 0.136 e. The molecule has 1 N–H and O–H groups in total. The van der Waals surface area contributed by atoms with Crippen molar-refractivity contribution in [3.05, 3.63) is 41.5 Å². The molecule has 0 aliphatic rings. The summed E-state index contributed by atoms with van der Waals surface area (Å²) in [7, 11) is 0. The van der Waals surface area contributed by atoms with Crippen molar-refractivity contribution in [3.63, 3.8) is 0 Å². The van der Waals surface area contributed by atoms with Gasteiger partial charge < -0.3 is 5.32 Å². The van der Waals surface area contributed by atoms with Crippen LogP contribution in [-0.2, 0) is 5.41 Å². The topological polar surface area (TPSA) is 37.8 Å². The largest absolute Gasteiger partial charge is 0.370 e. The fourth-order valence-corrected chi connectivity index (χ4v) is 2.01. The molecule has 0 atom stereocenters. The van der Waals surface area contributed by atoms with Gasteiger partial charge in [-0.15, -0.1) is 0 Å². The molecule has 0 saturated heterocycles. The van der Waals surface area contributed by atoms with Crippen molar-refractivity contribution in [2.45, 2.75) is 40.0 Å². The fourth-order valence-electron chi connectivity index (χ4n) is 2.01. The van der Waals surface area contributed by atoms with Gasteiger partial charge in [0.2, 0.25) is 0 Å². The summed E-state index contributed by atoms with van der Waals surface area (Å²) >= 11 is 0. The average Bonchev–Trinajstić information content (AvgIpc) is 2.41. The molecule has 3 nitrogen and oxygen atoms in total. The second-order valence-electron chi connectivity index (χ2n) is 6.21. The van der Waals surface area contributed by atoms with E-state index in [0.29, 0.717) is 5.56 Å². The molecule has 0 bridgehead atoms. The molecular weight excluding hydrogens is 265 g/mol. The molecular formula is C17H22FN3. The highest BCUT2D eigenvalue weighted by atomic mass is 19.1. The van der Waals surface area contributed by atoms with E-state index in [9.17, 15) is 4.39 Å². The standard InChI is InChI=1S/C17H22FN3/c1-6-19-15-10-14(20-16(21-15)17(3,4)5)12-7-8-13(18)11(2)9-12/h7-10H,6H2,1-5H3,(H,19,20,21). The normalized spacial score (nSPS) is 11.5. The molecule has 21 heavy (non-hydrogen) atoms. The number of hydrogen-bond acceptors (Lipinski definition) is 3. The first-order chi connectivity index (χ1) is 9.81. The number of aryl methyl sites for hydroxylation is 1. The summed E-state index contributed by atoms with van der Waals surface area (Å²) < 4.78 is 13.4. The van der Waals surface area contributed by atoms with Gasteiger partial charge in [0, 0.05) is 23.6 Å². The van der Waals surface area contributed by atoms with Crippen molar-refractivity contribution in [3.8, 4) is 11.3 Å². The number of nitrogens with zero attached hydrogens (tertiary/aromatic N) is 2. The van der Waals surface area contributed by atoms with Gasteiger partial charge >= 0.3 is 0 Å². The number of nitrogens with one attached hydrogen (secondary N) is 1. The molecule has 0 unspecified atom stereocenters. The van der Waals surface area contributed by atoms with Gasteiger partial charge in [0.05, 0.1) is 5.69 Å². The van der Waals surface area contributed by atoms with Crippen molar-refractivity contribution in [1.82, 2.24) is 9.97 Å². The van der Waals surface area contributed by atoms with E-state index in [1.54, 1.807) is 13.0 Å². The Balaban J connectivity index is 2.56. The maximum absolute atomic E-state index is 13.4. The zero-order chi connectivity index (χ0) is 15.6. The number of aromatic nitrogens is 2. The predicted molar refractivity (Wildman–Crippen MR) is 85.0 cm³/mol. The van der Waals surface area contributed by atoms with E-state index in [-0.39, 0.29) is 11.2 Å². The van der Waals surface area contributed by atoms with E-state index in [1.165, 1.54) is 6.07 Å². The van der Waals surface area contributed by atoms with Crippen LogP contribution in [0.5, 0.6) is 0 Å². The zero-order valence-corrected chi connectivity index (χ0v) is 13.3. The molecule has 2 rings (SSSR count). The fraction of sp³-hybridized carbons (Fsp3) is 0.412. The lowest BCUT2D eigenvalue weighted by atomic mass is 9.95. The van der Waals surface area contributed by atoms with Crippen LogP contribution in [0.15, 0.2) is 24.3 Å². The maximum atomic E-state index is 13.4. The lowest BCUT2D eigenvalue weighted by molar-refractivity contribution is 0.546. The molecule has 2 aromatic rings. The highest BCUT2D eigenvalue weighted by Crippen LogP contribution is 2.26. The number of anilines is 1. The summed E-state index contributed by atoms with van der Waals surface area (Å²) in [5.41, 5.74) is 2.19. The van der Waals surface area contributed by atoms with Crippen LogP contribution < -0.4 is 5.32 Å². The lowest BCUT2D eigenvalue weighted by Gasteiger charge is -2.19. The number of hydrogen-bond donors (Lipinski definition) is 1. The third-order valence-electron chi connectivity index (χ3n) is 3.21. The Morgan fingerprint density at radius 2 is 1.86 bits per heavy atom. The molecule has 0 amide bonds. The van der Waals surface area contributed by atoms with Crippen LogP contribution in [0.3, 0.4) is 0 Å². The molecule has 1 aromatic heterocycles. The van der Waals surface area contributed by atoms with Crippen LogP contribution in [0.2, 0.25) is 0 Å². The highest BCUT2D eigenvalue weighted by Gasteiger charge is 2.19. The number of benzene rings is 1. The first kappa shape index (κ1) is 15.4. The van der Waals surface area contributed by atoms with Gasteiger partial charge in [0.1, 0.15) is 17.5 Å². The van der Waals surface area contributed by atoms with Gasteiger partial charge in [-0.2, -0.15) is 0 Å². The molecule has 1 heterocycles. The van der Waals surface area contributed by atoms with E-state index in [0.717, 1.165) is 29.4 Å². The quantitative estimate of drug-likeness (QED) is 0.913. The van der Waals surface area contributed by atoms with Crippen LogP contribution >= 0.6 is 0 Å². The summed E-state index contributed by atoms with van der Waals surface area (Å²) in [6.45, 7) is 10.8. The minimum absolute atomic E-state index is 0.144. The summed E-state index contributed by atoms with van der Waals surface area (Å²) in [4.78, 5) is 9.22. The predicted octanol–water partition coefficient (Wildman–Crippen LogP) is 4.32. The van der Waals surface area contributed by atoms with Gasteiger partial charge in [-0.05, 0) is 37.6 Å². The van der Waals surface area contributed by atoms with Gasteiger partial charge in [-0.25, -0.2) is 14.4 Å². The van der Waals surface area contributed by atoms with Crippen molar-refractivity contribution < 1.29 is 4.39 Å². The number of halogens is 1. The molecule has 0 saturated carbocycles. The van der Waals surface area contributed by atoms with Gasteiger partial charge in [-0.1, -0.05) is 20.8 Å². The Morgan fingerprint density at radius 3 is 2.43 bits per heavy atom. The minimum atomic E-state index is -0.198. The monoisotopic (exact) mass is 287 g/mol. The molecule has 0 radical (unpaired) electrons. The molecule has 4 heteroatoms. The Kier molecular flexibility index (Phi) is 4.26. The average molecular weight is 287 g/mol. The van der Waals surface area contributed by atoms with Crippen LogP contribution in [0.1, 0.15) is 39.1 Å². The van der Waals surface area contributed by atoms with Crippen molar-refractivity contribution in [2.24, 2.45) is 0 Å². The molecule has 1 aromatic carbocycles. The second kappa shape index (κ2) is 5.80. The van der Waals surface area contributed by atoms with Crippen LogP contribution in [0.25, 0.3) is 11.3 Å². The van der Waals surface area contributed by atoms with Crippen LogP contribution in [0.4, 0.5) is 10.2 Å². The molecule has 112 valence electrons. The van der Waals surface area contributed by atoms with E-state index in [4.69, 9.17) is 0 Å². The first-order valence-electron chi connectivity index (χ1n) is 7.21. The summed E-state index contributed by atoms with van der Waals surface area (Å²) in [5, 5.41) is 3.23. The van der Waals surface area contributed by atoms with Crippen LogP contribution in [0, 0.1) is 12.7 Å². The Labute approximate surface area is 125 Å². The van der Waals surface area contributed by atoms with Gasteiger partial charge in [0.15, 0.2) is 0 Å². The first-order valence-corrected chi connectivity index (χ1v) is 7.21. The highest BCUT2D eigenvalue weighted by molar-refractivity contribution is 5.63. The second-order valence-corrected chi connectivity index (χ2v) is 6.21. The summed E-state index contributed by atoms with van der Waals surface area (Å²) in [6.07, 6.45) is 0. The Morgan fingerprint density at radius 1 is 1.14 bits per heavy atom. The summed E-state index contributed by atoms with van der Waals surface area (Å²) in [6, 6.07) is 6.97. The molecule has 0 aliphatic carbocycles. The van der Waals surface area contributed by atoms with E-state index < -0.39 is 0 Å². The SMILES string of the molecule is CCNc1cc(-c2ccc(F)c(C)c2)nc(C(C)(C)C)n1. The molecule has 0 fully saturated rings. The Bertz CT molecular complexity index is 645.